The molecule has 0 radical (unpaired) electrons. The molecule has 0 saturated heterocycles. The van der Waals surface area contributed by atoms with E-state index in [1.807, 2.05) is 60.7 Å². The first-order valence-corrected chi connectivity index (χ1v) is 7.51. The van der Waals surface area contributed by atoms with E-state index >= 15 is 0 Å². The normalized spacial score (nSPS) is 13.3. The number of Topliss-reactive ketones (excluding diaryl/α,β-unsaturated/α-hetero) is 1. The molecule has 0 unspecified atom stereocenters. The highest BCUT2D eigenvalue weighted by Crippen LogP contribution is 2.12. The van der Waals surface area contributed by atoms with Gasteiger partial charge in [-0.25, -0.2) is 0 Å². The molecule has 0 saturated carbocycles. The molecule has 0 fully saturated rings. The van der Waals surface area contributed by atoms with Crippen LogP contribution in [-0.4, -0.2) is 24.3 Å². The highest BCUT2D eigenvalue weighted by molar-refractivity contribution is 6.27. The Hall–Kier alpha value is -2.30. The Morgan fingerprint density at radius 3 is 1.87 bits per heavy atom. The number of hydrogen-bond donors (Lipinski definition) is 0. The highest BCUT2D eigenvalue weighted by atomic mass is 16.5. The summed E-state index contributed by atoms with van der Waals surface area (Å²) >= 11 is 0. The Labute approximate surface area is 136 Å². The number of carbonyl (C=O) groups excluding carboxylic acids is 2. The van der Waals surface area contributed by atoms with Gasteiger partial charge in [0.15, 0.2) is 6.29 Å². The van der Waals surface area contributed by atoms with Crippen molar-refractivity contribution in [1.82, 2.24) is 0 Å². The van der Waals surface area contributed by atoms with E-state index in [4.69, 9.17) is 9.47 Å². The molecule has 0 aromatic heterocycles. The summed E-state index contributed by atoms with van der Waals surface area (Å²) < 4.78 is 11.3. The van der Waals surface area contributed by atoms with Gasteiger partial charge in [-0.3, -0.25) is 9.59 Å². The van der Waals surface area contributed by atoms with E-state index in [2.05, 4.69) is 0 Å². The van der Waals surface area contributed by atoms with Gasteiger partial charge in [0.2, 0.25) is 5.78 Å². The lowest BCUT2D eigenvalue weighted by molar-refractivity contribution is -0.148. The van der Waals surface area contributed by atoms with Gasteiger partial charge in [-0.05, 0) is 18.1 Å². The Balaban J connectivity index is 1.94. The zero-order chi connectivity index (χ0) is 16.5. The van der Waals surface area contributed by atoms with Crippen LogP contribution in [0.5, 0.6) is 0 Å². The summed E-state index contributed by atoms with van der Waals surface area (Å²) in [4.78, 5) is 22.7. The first kappa shape index (κ1) is 17.1. The minimum Gasteiger partial charge on any atom is -0.371 e. The number of carbonyl (C=O) groups is 2. The van der Waals surface area contributed by atoms with E-state index < -0.39 is 18.0 Å². The minimum atomic E-state index is -0.906. The summed E-state index contributed by atoms with van der Waals surface area (Å²) in [5.41, 5.74) is 1.94. The van der Waals surface area contributed by atoms with E-state index in [9.17, 15) is 9.59 Å². The molecule has 0 aliphatic rings. The molecule has 4 nitrogen and oxygen atoms in total. The topological polar surface area (TPSA) is 52.6 Å². The molecule has 0 heterocycles. The van der Waals surface area contributed by atoms with Crippen LogP contribution in [-0.2, 0) is 32.3 Å². The number of ether oxygens (including phenoxy) is 2. The molecule has 0 spiro atoms. The van der Waals surface area contributed by atoms with Crippen LogP contribution in [0, 0.1) is 0 Å². The Kier molecular flexibility index (Phi) is 6.66. The van der Waals surface area contributed by atoms with Gasteiger partial charge in [-0.1, -0.05) is 60.7 Å². The maximum Gasteiger partial charge on any atom is 0.226 e. The Morgan fingerprint density at radius 1 is 0.913 bits per heavy atom. The Bertz CT molecular complexity index is 610. The van der Waals surface area contributed by atoms with Gasteiger partial charge in [0.05, 0.1) is 19.3 Å². The van der Waals surface area contributed by atoms with Crippen molar-refractivity contribution in [3.8, 4) is 0 Å². The zero-order valence-corrected chi connectivity index (χ0v) is 13.1. The third-order valence-electron chi connectivity index (χ3n) is 3.45. The monoisotopic (exact) mass is 312 g/mol. The molecule has 0 aliphatic heterocycles. The molecule has 23 heavy (non-hydrogen) atoms. The van der Waals surface area contributed by atoms with Crippen molar-refractivity contribution in [1.29, 1.82) is 0 Å². The first-order chi connectivity index (χ1) is 11.2. The van der Waals surface area contributed by atoms with E-state index in [1.165, 1.54) is 0 Å². The molecular weight excluding hydrogens is 292 g/mol. The van der Waals surface area contributed by atoms with Crippen molar-refractivity contribution in [3.63, 3.8) is 0 Å². The van der Waals surface area contributed by atoms with E-state index in [-0.39, 0.29) is 12.9 Å². The van der Waals surface area contributed by atoms with Gasteiger partial charge in [0.1, 0.15) is 6.10 Å². The third-order valence-corrected chi connectivity index (χ3v) is 3.45. The van der Waals surface area contributed by atoms with Crippen LogP contribution in [0.2, 0.25) is 0 Å². The van der Waals surface area contributed by atoms with Crippen molar-refractivity contribution in [2.75, 3.05) is 0 Å². The predicted molar refractivity (Wildman–Crippen MR) is 86.8 cm³/mol. The van der Waals surface area contributed by atoms with Crippen molar-refractivity contribution >= 4 is 12.1 Å². The van der Waals surface area contributed by atoms with Gasteiger partial charge in [0, 0.05) is 0 Å². The molecule has 2 aromatic rings. The minimum absolute atomic E-state index is 0.254. The van der Waals surface area contributed by atoms with E-state index in [1.54, 1.807) is 6.92 Å². The van der Waals surface area contributed by atoms with Gasteiger partial charge in [0.25, 0.3) is 0 Å². The van der Waals surface area contributed by atoms with Crippen LogP contribution in [0.15, 0.2) is 60.7 Å². The summed E-state index contributed by atoms with van der Waals surface area (Å²) in [6.45, 7) is 2.35. The zero-order valence-electron chi connectivity index (χ0n) is 13.1. The molecule has 0 N–H and O–H groups in total. The molecule has 4 heteroatoms. The highest BCUT2D eigenvalue weighted by Gasteiger charge is 2.26. The van der Waals surface area contributed by atoms with Gasteiger partial charge in [-0.2, -0.15) is 0 Å². The number of benzene rings is 2. The quantitative estimate of drug-likeness (QED) is 0.528. The van der Waals surface area contributed by atoms with Gasteiger partial charge in [-0.15, -0.1) is 0 Å². The van der Waals surface area contributed by atoms with Crippen molar-refractivity contribution < 1.29 is 19.1 Å². The van der Waals surface area contributed by atoms with Crippen LogP contribution < -0.4 is 0 Å². The smallest absolute Gasteiger partial charge is 0.226 e. The second kappa shape index (κ2) is 8.98. The van der Waals surface area contributed by atoms with Crippen LogP contribution in [0.4, 0.5) is 0 Å². The van der Waals surface area contributed by atoms with Crippen LogP contribution in [0.3, 0.4) is 0 Å². The summed E-state index contributed by atoms with van der Waals surface area (Å²) in [5, 5.41) is 0. The maximum absolute atomic E-state index is 11.8. The fraction of sp³-hybridized carbons (Fsp3) is 0.263. The van der Waals surface area contributed by atoms with Crippen LogP contribution >= 0.6 is 0 Å². The average molecular weight is 312 g/mol. The van der Waals surface area contributed by atoms with Crippen molar-refractivity contribution in [2.24, 2.45) is 0 Å². The average Bonchev–Trinajstić information content (AvgIpc) is 2.61. The van der Waals surface area contributed by atoms with Gasteiger partial charge >= 0.3 is 0 Å². The summed E-state index contributed by atoms with van der Waals surface area (Å²) in [6.07, 6.45) is -1.13. The van der Waals surface area contributed by atoms with E-state index in [0.29, 0.717) is 6.61 Å². The number of ketones is 1. The SMILES string of the molecule is C[C@H](OCc1ccccc1)[C@H](OCc1ccccc1)C(=O)C=O. The molecule has 2 rings (SSSR count). The van der Waals surface area contributed by atoms with E-state index in [0.717, 1.165) is 11.1 Å². The molecular formula is C19H20O4. The fourth-order valence-electron chi connectivity index (χ4n) is 2.17. The first-order valence-electron chi connectivity index (χ1n) is 7.51. The fourth-order valence-corrected chi connectivity index (χ4v) is 2.17. The second-order valence-corrected chi connectivity index (χ2v) is 5.24. The lowest BCUT2D eigenvalue weighted by Crippen LogP contribution is -2.37. The number of rotatable bonds is 9. The lowest BCUT2D eigenvalue weighted by Gasteiger charge is -2.22. The van der Waals surface area contributed by atoms with Crippen molar-refractivity contribution in [2.45, 2.75) is 32.3 Å². The summed E-state index contributed by atoms with van der Waals surface area (Å²) in [6, 6.07) is 19.1. The van der Waals surface area contributed by atoms with Crippen LogP contribution in [0.1, 0.15) is 18.1 Å². The Morgan fingerprint density at radius 2 is 1.39 bits per heavy atom. The second-order valence-electron chi connectivity index (χ2n) is 5.24. The molecule has 2 aromatic carbocycles. The molecule has 0 aliphatic carbocycles. The summed E-state index contributed by atoms with van der Waals surface area (Å²) in [7, 11) is 0. The number of aldehydes is 1. The molecule has 0 bridgehead atoms. The maximum atomic E-state index is 11.8. The van der Waals surface area contributed by atoms with Gasteiger partial charge < -0.3 is 9.47 Å². The lowest BCUT2D eigenvalue weighted by atomic mass is 10.1. The molecule has 0 amide bonds. The van der Waals surface area contributed by atoms with Crippen LogP contribution in [0.25, 0.3) is 0 Å². The standard InChI is InChI=1S/C19H20O4/c1-15(22-13-16-8-4-2-5-9-16)19(18(21)12-20)23-14-17-10-6-3-7-11-17/h2-12,15,19H,13-14H2,1H3/t15-,19-/m0/s1. The number of hydrogen-bond acceptors (Lipinski definition) is 4. The van der Waals surface area contributed by atoms with Crippen molar-refractivity contribution in [3.05, 3.63) is 71.8 Å². The molecule has 120 valence electrons. The largest absolute Gasteiger partial charge is 0.371 e. The predicted octanol–water partition coefficient (Wildman–Crippen LogP) is 2.95. The molecule has 2 atom stereocenters. The summed E-state index contributed by atoms with van der Waals surface area (Å²) in [5.74, 6) is -0.610. The third kappa shape index (κ3) is 5.43.